The minimum Gasteiger partial charge on any atom is -0.493 e. The largest absolute Gasteiger partial charge is 0.493 e. The third kappa shape index (κ3) is 5.99. The molecule has 0 aliphatic heterocycles. The van der Waals surface area contributed by atoms with Crippen LogP contribution in [0, 0.1) is 5.82 Å². The zero-order chi connectivity index (χ0) is 21.8. The zero-order valence-corrected chi connectivity index (χ0v) is 17.4. The number of benzene rings is 2. The minimum atomic E-state index is -0.742. The summed E-state index contributed by atoms with van der Waals surface area (Å²) in [4.78, 5) is 24.7. The summed E-state index contributed by atoms with van der Waals surface area (Å²) < 4.78 is 29.2. The average molecular weight is 425 g/mol. The SMILES string of the molecule is COc1cc(C(=O)Nc2cc(F)ccc2NC(=O)OC(C)(C)C)cc(Cl)c1OC. The Bertz CT molecular complexity index is 928. The van der Waals surface area contributed by atoms with Crippen LogP contribution in [0.3, 0.4) is 0 Å². The van der Waals surface area contributed by atoms with Crippen molar-refractivity contribution in [3.63, 3.8) is 0 Å². The summed E-state index contributed by atoms with van der Waals surface area (Å²) in [6.45, 7) is 5.13. The zero-order valence-electron chi connectivity index (χ0n) is 16.7. The van der Waals surface area contributed by atoms with Crippen molar-refractivity contribution in [3.8, 4) is 11.5 Å². The van der Waals surface area contributed by atoms with Gasteiger partial charge in [0.05, 0.1) is 30.6 Å². The second kappa shape index (κ2) is 9.00. The molecular weight excluding hydrogens is 403 g/mol. The molecule has 0 aromatic heterocycles. The molecule has 0 fully saturated rings. The Hall–Kier alpha value is -3.00. The maximum absolute atomic E-state index is 13.7. The normalized spacial score (nSPS) is 10.9. The lowest BCUT2D eigenvalue weighted by Crippen LogP contribution is -2.27. The van der Waals surface area contributed by atoms with Crippen molar-refractivity contribution in [2.24, 2.45) is 0 Å². The van der Waals surface area contributed by atoms with Crippen LogP contribution in [-0.2, 0) is 4.74 Å². The molecule has 2 amide bonds. The molecule has 156 valence electrons. The molecule has 2 rings (SSSR count). The van der Waals surface area contributed by atoms with Crippen LogP contribution in [0.15, 0.2) is 30.3 Å². The fraction of sp³-hybridized carbons (Fsp3) is 0.300. The van der Waals surface area contributed by atoms with E-state index in [0.717, 1.165) is 12.1 Å². The number of carbonyl (C=O) groups excluding carboxylic acids is 2. The first-order chi connectivity index (χ1) is 13.5. The van der Waals surface area contributed by atoms with Gasteiger partial charge in [0.25, 0.3) is 5.91 Å². The predicted octanol–water partition coefficient (Wildman–Crippen LogP) is 5.10. The summed E-state index contributed by atoms with van der Waals surface area (Å²) in [7, 11) is 2.83. The van der Waals surface area contributed by atoms with Gasteiger partial charge in [-0.3, -0.25) is 10.1 Å². The van der Waals surface area contributed by atoms with E-state index < -0.39 is 23.4 Å². The van der Waals surface area contributed by atoms with Crippen LogP contribution < -0.4 is 20.1 Å². The molecule has 0 bridgehead atoms. The van der Waals surface area contributed by atoms with Gasteiger partial charge in [-0.1, -0.05) is 11.6 Å². The van der Waals surface area contributed by atoms with E-state index in [1.165, 1.54) is 32.4 Å². The van der Waals surface area contributed by atoms with Gasteiger partial charge in [0.1, 0.15) is 11.4 Å². The third-order valence-corrected chi connectivity index (χ3v) is 3.84. The topological polar surface area (TPSA) is 85.9 Å². The predicted molar refractivity (Wildman–Crippen MR) is 109 cm³/mol. The molecule has 0 aliphatic rings. The summed E-state index contributed by atoms with van der Waals surface area (Å²) in [6.07, 6.45) is -0.742. The number of anilines is 2. The molecule has 2 aromatic carbocycles. The van der Waals surface area contributed by atoms with Crippen molar-refractivity contribution in [2.45, 2.75) is 26.4 Å². The number of amides is 2. The van der Waals surface area contributed by atoms with E-state index in [2.05, 4.69) is 10.6 Å². The molecule has 0 atom stereocenters. The summed E-state index contributed by atoms with van der Waals surface area (Å²) in [5.41, 5.74) is -0.350. The highest BCUT2D eigenvalue weighted by Gasteiger charge is 2.20. The molecule has 0 heterocycles. The molecule has 0 spiro atoms. The molecule has 0 saturated heterocycles. The van der Waals surface area contributed by atoms with Crippen molar-refractivity contribution in [1.82, 2.24) is 0 Å². The Morgan fingerprint density at radius 2 is 1.69 bits per heavy atom. The van der Waals surface area contributed by atoms with E-state index in [-0.39, 0.29) is 33.5 Å². The van der Waals surface area contributed by atoms with Crippen molar-refractivity contribution in [1.29, 1.82) is 0 Å². The van der Waals surface area contributed by atoms with E-state index in [1.807, 2.05) is 0 Å². The van der Waals surface area contributed by atoms with Gasteiger partial charge in [0.2, 0.25) is 0 Å². The molecule has 0 unspecified atom stereocenters. The highest BCUT2D eigenvalue weighted by molar-refractivity contribution is 6.32. The monoisotopic (exact) mass is 424 g/mol. The van der Waals surface area contributed by atoms with Crippen LogP contribution in [0.2, 0.25) is 5.02 Å². The van der Waals surface area contributed by atoms with Crippen LogP contribution >= 0.6 is 11.6 Å². The quantitative estimate of drug-likeness (QED) is 0.697. The Labute approximate surface area is 173 Å². The fourth-order valence-corrected chi connectivity index (χ4v) is 2.67. The summed E-state index contributed by atoms with van der Waals surface area (Å²) >= 11 is 6.13. The van der Waals surface area contributed by atoms with Gasteiger partial charge in [0.15, 0.2) is 11.5 Å². The second-order valence-electron chi connectivity index (χ2n) is 6.96. The van der Waals surface area contributed by atoms with E-state index in [4.69, 9.17) is 25.8 Å². The second-order valence-corrected chi connectivity index (χ2v) is 7.37. The molecule has 9 heteroatoms. The van der Waals surface area contributed by atoms with Gasteiger partial charge in [-0.25, -0.2) is 9.18 Å². The van der Waals surface area contributed by atoms with Gasteiger partial charge >= 0.3 is 6.09 Å². The lowest BCUT2D eigenvalue weighted by molar-refractivity contribution is 0.0635. The Kier molecular flexibility index (Phi) is 6.92. The van der Waals surface area contributed by atoms with Crippen LogP contribution in [0.4, 0.5) is 20.6 Å². The molecule has 2 aromatic rings. The number of hydrogen-bond acceptors (Lipinski definition) is 5. The van der Waals surface area contributed by atoms with E-state index in [1.54, 1.807) is 20.8 Å². The van der Waals surface area contributed by atoms with Crippen molar-refractivity contribution in [3.05, 3.63) is 46.7 Å². The lowest BCUT2D eigenvalue weighted by atomic mass is 10.1. The number of hydrogen-bond donors (Lipinski definition) is 2. The van der Waals surface area contributed by atoms with Crippen molar-refractivity contribution < 1.29 is 28.2 Å². The number of halogens is 2. The van der Waals surface area contributed by atoms with Gasteiger partial charge in [-0.05, 0) is 51.1 Å². The summed E-state index contributed by atoms with van der Waals surface area (Å²) in [5.74, 6) is -0.647. The maximum Gasteiger partial charge on any atom is 0.412 e. The lowest BCUT2D eigenvalue weighted by Gasteiger charge is -2.20. The Morgan fingerprint density at radius 3 is 2.28 bits per heavy atom. The first-order valence-corrected chi connectivity index (χ1v) is 8.94. The van der Waals surface area contributed by atoms with Crippen LogP contribution in [0.5, 0.6) is 11.5 Å². The maximum atomic E-state index is 13.7. The highest BCUT2D eigenvalue weighted by Crippen LogP contribution is 2.36. The molecule has 29 heavy (non-hydrogen) atoms. The van der Waals surface area contributed by atoms with Crippen LogP contribution in [0.25, 0.3) is 0 Å². The van der Waals surface area contributed by atoms with E-state index in [0.29, 0.717) is 0 Å². The number of nitrogens with one attached hydrogen (secondary N) is 2. The minimum absolute atomic E-state index is 0.0479. The number of rotatable bonds is 5. The highest BCUT2D eigenvalue weighted by atomic mass is 35.5. The van der Waals surface area contributed by atoms with E-state index in [9.17, 15) is 14.0 Å². The van der Waals surface area contributed by atoms with Crippen molar-refractivity contribution in [2.75, 3.05) is 24.9 Å². The smallest absolute Gasteiger partial charge is 0.412 e. The first-order valence-electron chi connectivity index (χ1n) is 8.56. The van der Waals surface area contributed by atoms with Gasteiger partial charge in [-0.15, -0.1) is 0 Å². The number of ether oxygens (including phenoxy) is 3. The molecular formula is C20H22ClFN2O5. The molecule has 0 radical (unpaired) electrons. The van der Waals surface area contributed by atoms with E-state index >= 15 is 0 Å². The van der Waals surface area contributed by atoms with Crippen molar-refractivity contribution >= 4 is 35.0 Å². The standard InChI is InChI=1S/C20H22ClFN2O5/c1-20(2,3)29-19(26)24-14-7-6-12(22)10-15(14)23-18(25)11-8-13(21)17(28-5)16(9-11)27-4/h6-10H,1-5H3,(H,23,25)(H,24,26). The van der Waals surface area contributed by atoms with Gasteiger partial charge in [-0.2, -0.15) is 0 Å². The Balaban J connectivity index is 2.30. The number of methoxy groups -OCH3 is 2. The molecule has 0 saturated carbocycles. The average Bonchev–Trinajstić information content (AvgIpc) is 2.61. The molecule has 0 aliphatic carbocycles. The summed E-state index contributed by atoms with van der Waals surface area (Å²) in [5, 5.41) is 5.21. The molecule has 7 nitrogen and oxygen atoms in total. The van der Waals surface area contributed by atoms with Gasteiger partial charge in [0, 0.05) is 5.56 Å². The first kappa shape index (κ1) is 22.3. The summed E-state index contributed by atoms with van der Waals surface area (Å²) in [6, 6.07) is 6.36. The van der Waals surface area contributed by atoms with Crippen LogP contribution in [0.1, 0.15) is 31.1 Å². The molecule has 2 N–H and O–H groups in total. The fourth-order valence-electron chi connectivity index (χ4n) is 2.39. The Morgan fingerprint density at radius 1 is 1.00 bits per heavy atom. The number of carbonyl (C=O) groups is 2. The van der Waals surface area contributed by atoms with Crippen LogP contribution in [-0.4, -0.2) is 31.8 Å². The third-order valence-electron chi connectivity index (χ3n) is 3.56. The van der Waals surface area contributed by atoms with Gasteiger partial charge < -0.3 is 19.5 Å².